The number of hydrogen-bond donors (Lipinski definition) is 1. The zero-order valence-electron chi connectivity index (χ0n) is 18.0. The molecular weight excluding hydrogens is 404 g/mol. The van der Waals surface area contributed by atoms with Gasteiger partial charge in [-0.1, -0.05) is 42.5 Å². The topological polar surface area (TPSA) is 67.9 Å². The van der Waals surface area contributed by atoms with E-state index in [0.29, 0.717) is 30.3 Å². The van der Waals surface area contributed by atoms with Crippen LogP contribution < -0.4 is 19.7 Å². The number of amides is 2. The van der Waals surface area contributed by atoms with Gasteiger partial charge in [-0.15, -0.1) is 0 Å². The molecule has 0 spiro atoms. The van der Waals surface area contributed by atoms with Gasteiger partial charge < -0.3 is 19.7 Å². The highest BCUT2D eigenvalue weighted by molar-refractivity contribution is 5.99. The molecule has 0 radical (unpaired) electrons. The molecule has 1 heterocycles. The fourth-order valence-corrected chi connectivity index (χ4v) is 3.67. The molecule has 0 bridgehead atoms. The molecule has 6 nitrogen and oxygen atoms in total. The summed E-state index contributed by atoms with van der Waals surface area (Å²) >= 11 is 0. The predicted octanol–water partition coefficient (Wildman–Crippen LogP) is 4.23. The molecular formula is C26H26N2O4. The largest absolute Gasteiger partial charge is 0.494 e. The van der Waals surface area contributed by atoms with E-state index in [4.69, 9.17) is 9.47 Å². The summed E-state index contributed by atoms with van der Waals surface area (Å²) in [6.45, 7) is 3.10. The number of fused-ring (bicyclic) bond motifs is 1. The standard InChI is InChI=1S/C26H26N2O4/c1-2-31-22-11-8-20(9-12-22)16-25(29)27-21-10-13-24-23(17-21)28(26(30)18-32-24)15-14-19-6-4-3-5-7-19/h3-13,17H,2,14-16,18H2,1H3,(H,27,29). The molecule has 4 rings (SSSR count). The summed E-state index contributed by atoms with van der Waals surface area (Å²) < 4.78 is 11.0. The maximum atomic E-state index is 12.6. The van der Waals surface area contributed by atoms with Gasteiger partial charge in [-0.3, -0.25) is 9.59 Å². The molecule has 0 unspecified atom stereocenters. The first-order valence-electron chi connectivity index (χ1n) is 10.7. The van der Waals surface area contributed by atoms with Crippen LogP contribution in [-0.4, -0.2) is 31.6 Å². The summed E-state index contributed by atoms with van der Waals surface area (Å²) in [5, 5.41) is 2.93. The summed E-state index contributed by atoms with van der Waals surface area (Å²) in [6.07, 6.45) is 0.983. The predicted molar refractivity (Wildman–Crippen MR) is 124 cm³/mol. The van der Waals surface area contributed by atoms with Crippen LogP contribution in [0.2, 0.25) is 0 Å². The molecule has 0 saturated carbocycles. The van der Waals surface area contributed by atoms with Crippen LogP contribution in [0.5, 0.6) is 11.5 Å². The van der Waals surface area contributed by atoms with Crippen molar-refractivity contribution in [2.75, 3.05) is 30.0 Å². The summed E-state index contributed by atoms with van der Waals surface area (Å²) in [6, 6.07) is 22.9. The van der Waals surface area contributed by atoms with Gasteiger partial charge in [-0.2, -0.15) is 0 Å². The van der Waals surface area contributed by atoms with Crippen LogP contribution in [-0.2, 0) is 22.4 Å². The molecule has 32 heavy (non-hydrogen) atoms. The molecule has 2 amide bonds. The van der Waals surface area contributed by atoms with Gasteiger partial charge >= 0.3 is 0 Å². The summed E-state index contributed by atoms with van der Waals surface area (Å²) in [7, 11) is 0. The third-order valence-corrected chi connectivity index (χ3v) is 5.25. The Balaban J connectivity index is 1.43. The number of carbonyl (C=O) groups is 2. The van der Waals surface area contributed by atoms with Crippen LogP contribution >= 0.6 is 0 Å². The number of rotatable bonds is 8. The number of carbonyl (C=O) groups excluding carboxylic acids is 2. The minimum absolute atomic E-state index is 0.0191. The molecule has 1 aliphatic rings. The molecule has 0 aliphatic carbocycles. The molecule has 1 N–H and O–H groups in total. The Morgan fingerprint density at radius 2 is 1.81 bits per heavy atom. The van der Waals surface area contributed by atoms with Gasteiger partial charge in [0.1, 0.15) is 11.5 Å². The van der Waals surface area contributed by atoms with Crippen molar-refractivity contribution in [1.82, 2.24) is 0 Å². The van der Waals surface area contributed by atoms with Gasteiger partial charge in [0.05, 0.1) is 18.7 Å². The fraction of sp³-hybridized carbons (Fsp3) is 0.231. The minimum Gasteiger partial charge on any atom is -0.494 e. The number of ether oxygens (including phenoxy) is 2. The van der Waals surface area contributed by atoms with E-state index in [9.17, 15) is 9.59 Å². The van der Waals surface area contributed by atoms with Crippen LogP contribution in [0, 0.1) is 0 Å². The third kappa shape index (κ3) is 5.27. The summed E-state index contributed by atoms with van der Waals surface area (Å²) in [4.78, 5) is 26.8. The van der Waals surface area contributed by atoms with Crippen LogP contribution in [0.3, 0.4) is 0 Å². The molecule has 0 fully saturated rings. The van der Waals surface area contributed by atoms with Crippen molar-refractivity contribution >= 4 is 23.2 Å². The Labute approximate surface area is 187 Å². The summed E-state index contributed by atoms with van der Waals surface area (Å²) in [5.74, 6) is 1.20. The number of anilines is 2. The van der Waals surface area contributed by atoms with E-state index in [0.717, 1.165) is 23.3 Å². The van der Waals surface area contributed by atoms with E-state index in [1.54, 1.807) is 23.1 Å². The second-order valence-electron chi connectivity index (χ2n) is 7.55. The van der Waals surface area contributed by atoms with E-state index < -0.39 is 0 Å². The lowest BCUT2D eigenvalue weighted by Gasteiger charge is -2.30. The normalized spacial score (nSPS) is 12.7. The second-order valence-corrected chi connectivity index (χ2v) is 7.55. The lowest BCUT2D eigenvalue weighted by molar-refractivity contribution is -0.121. The number of nitrogens with zero attached hydrogens (tertiary/aromatic N) is 1. The Kier molecular flexibility index (Phi) is 6.70. The van der Waals surface area contributed by atoms with E-state index in [2.05, 4.69) is 5.32 Å². The van der Waals surface area contributed by atoms with Crippen molar-refractivity contribution in [3.05, 3.63) is 83.9 Å². The van der Waals surface area contributed by atoms with E-state index >= 15 is 0 Å². The van der Waals surface area contributed by atoms with Crippen molar-refractivity contribution in [1.29, 1.82) is 0 Å². The maximum absolute atomic E-state index is 12.6. The Morgan fingerprint density at radius 3 is 2.56 bits per heavy atom. The fourth-order valence-electron chi connectivity index (χ4n) is 3.67. The zero-order valence-corrected chi connectivity index (χ0v) is 18.0. The number of benzene rings is 3. The molecule has 0 atom stereocenters. The Morgan fingerprint density at radius 1 is 1.03 bits per heavy atom. The summed E-state index contributed by atoms with van der Waals surface area (Å²) in [5.41, 5.74) is 3.36. The Bertz CT molecular complexity index is 1080. The van der Waals surface area contributed by atoms with Crippen molar-refractivity contribution in [3.8, 4) is 11.5 Å². The molecule has 164 valence electrons. The first-order chi connectivity index (χ1) is 15.6. The highest BCUT2D eigenvalue weighted by atomic mass is 16.5. The van der Waals surface area contributed by atoms with Gasteiger partial charge in [-0.25, -0.2) is 0 Å². The Hall–Kier alpha value is -3.80. The molecule has 3 aromatic rings. The highest BCUT2D eigenvalue weighted by Crippen LogP contribution is 2.34. The van der Waals surface area contributed by atoms with Gasteiger partial charge in [0.2, 0.25) is 5.91 Å². The third-order valence-electron chi connectivity index (χ3n) is 5.25. The van der Waals surface area contributed by atoms with E-state index in [-0.39, 0.29) is 24.8 Å². The molecule has 3 aromatic carbocycles. The number of nitrogens with one attached hydrogen (secondary N) is 1. The first kappa shape index (κ1) is 21.4. The lowest BCUT2D eigenvalue weighted by Crippen LogP contribution is -2.40. The van der Waals surface area contributed by atoms with Crippen molar-refractivity contribution in [2.24, 2.45) is 0 Å². The van der Waals surface area contributed by atoms with Crippen molar-refractivity contribution in [2.45, 2.75) is 19.8 Å². The zero-order chi connectivity index (χ0) is 22.3. The maximum Gasteiger partial charge on any atom is 0.265 e. The molecule has 0 saturated heterocycles. The van der Waals surface area contributed by atoms with E-state index in [1.165, 1.54) is 0 Å². The van der Waals surface area contributed by atoms with Gasteiger partial charge in [0.25, 0.3) is 5.91 Å². The first-order valence-corrected chi connectivity index (χ1v) is 10.7. The lowest BCUT2D eigenvalue weighted by atomic mass is 10.1. The molecule has 1 aliphatic heterocycles. The van der Waals surface area contributed by atoms with Crippen LogP contribution in [0.4, 0.5) is 11.4 Å². The van der Waals surface area contributed by atoms with Crippen molar-refractivity contribution in [3.63, 3.8) is 0 Å². The average Bonchev–Trinajstić information content (AvgIpc) is 2.80. The van der Waals surface area contributed by atoms with Gasteiger partial charge in [0, 0.05) is 12.2 Å². The van der Waals surface area contributed by atoms with Gasteiger partial charge in [0.15, 0.2) is 6.61 Å². The SMILES string of the molecule is CCOc1ccc(CC(=O)Nc2ccc3c(c2)N(CCc2ccccc2)C(=O)CO3)cc1. The van der Waals surface area contributed by atoms with Crippen molar-refractivity contribution < 1.29 is 19.1 Å². The van der Waals surface area contributed by atoms with Crippen LogP contribution in [0.25, 0.3) is 0 Å². The number of hydrogen-bond acceptors (Lipinski definition) is 4. The quantitative estimate of drug-likeness (QED) is 0.581. The van der Waals surface area contributed by atoms with Crippen LogP contribution in [0.1, 0.15) is 18.1 Å². The minimum atomic E-state index is -0.131. The second kappa shape index (κ2) is 10.0. The molecule has 6 heteroatoms. The molecule has 0 aromatic heterocycles. The highest BCUT2D eigenvalue weighted by Gasteiger charge is 2.25. The monoisotopic (exact) mass is 430 g/mol. The van der Waals surface area contributed by atoms with Crippen LogP contribution in [0.15, 0.2) is 72.8 Å². The smallest absolute Gasteiger partial charge is 0.265 e. The van der Waals surface area contributed by atoms with E-state index in [1.807, 2.05) is 61.5 Å². The van der Waals surface area contributed by atoms with Gasteiger partial charge in [-0.05, 0) is 54.8 Å². The average molecular weight is 431 g/mol.